The molecule has 0 bridgehead atoms. The third-order valence-corrected chi connectivity index (χ3v) is 2.74. The van der Waals surface area contributed by atoms with Crippen LogP contribution in [0.25, 0.3) is 11.2 Å². The average Bonchev–Trinajstić information content (AvgIpc) is 2.89. The van der Waals surface area contributed by atoms with Crippen molar-refractivity contribution in [3.05, 3.63) is 11.5 Å². The van der Waals surface area contributed by atoms with E-state index in [0.717, 1.165) is 0 Å². The number of fused-ring (bicyclic) bond motifs is 1. The van der Waals surface area contributed by atoms with Crippen molar-refractivity contribution in [1.29, 1.82) is 0 Å². The van der Waals surface area contributed by atoms with Crippen molar-refractivity contribution in [3.63, 3.8) is 0 Å². The molecule has 0 aliphatic carbocycles. The highest BCUT2D eigenvalue weighted by molar-refractivity contribution is 6.33. The number of imidazole rings is 1. The first-order chi connectivity index (χ1) is 8.24. The molecule has 3 heterocycles. The highest BCUT2D eigenvalue weighted by atomic mass is 35.5. The van der Waals surface area contributed by atoms with E-state index in [1.807, 2.05) is 0 Å². The van der Waals surface area contributed by atoms with Crippen molar-refractivity contribution >= 4 is 28.7 Å². The summed E-state index contributed by atoms with van der Waals surface area (Å²) in [6.45, 7) is 1.72. The lowest BCUT2D eigenvalue weighted by atomic mass is 10.5. The number of ether oxygens (including phenoxy) is 2. The van der Waals surface area contributed by atoms with Gasteiger partial charge < -0.3 is 19.8 Å². The Labute approximate surface area is 102 Å². The topological polar surface area (TPSA) is 88.1 Å². The molecule has 90 valence electrons. The van der Waals surface area contributed by atoms with Gasteiger partial charge in [0.15, 0.2) is 17.1 Å². The quantitative estimate of drug-likeness (QED) is 0.783. The fourth-order valence-electron chi connectivity index (χ4n) is 1.73. The van der Waals surface area contributed by atoms with Gasteiger partial charge in [0.2, 0.25) is 5.95 Å². The third-order valence-electron chi connectivity index (χ3n) is 2.48. The molecule has 1 aliphatic heterocycles. The molecule has 1 fully saturated rings. The van der Waals surface area contributed by atoms with Crippen LogP contribution in [0.1, 0.15) is 0 Å². The molecule has 7 nitrogen and oxygen atoms in total. The van der Waals surface area contributed by atoms with Crippen LogP contribution >= 0.6 is 11.6 Å². The number of nitrogens with two attached hydrogens (primary N) is 1. The maximum Gasteiger partial charge on any atom is 0.223 e. The minimum Gasteiger partial charge on any atom is -0.368 e. The first-order valence-corrected chi connectivity index (χ1v) is 5.49. The van der Waals surface area contributed by atoms with E-state index in [9.17, 15) is 0 Å². The van der Waals surface area contributed by atoms with Crippen molar-refractivity contribution in [2.75, 3.05) is 18.9 Å². The summed E-state index contributed by atoms with van der Waals surface area (Å²) in [7, 11) is 0. The Morgan fingerprint density at radius 1 is 1.41 bits per heavy atom. The summed E-state index contributed by atoms with van der Waals surface area (Å²) in [6, 6.07) is 0. The number of hydrogen-bond donors (Lipinski definition) is 1. The van der Waals surface area contributed by atoms with Crippen LogP contribution in [-0.2, 0) is 16.0 Å². The molecule has 3 rings (SSSR count). The van der Waals surface area contributed by atoms with Gasteiger partial charge in [0.1, 0.15) is 5.52 Å². The van der Waals surface area contributed by atoms with E-state index >= 15 is 0 Å². The van der Waals surface area contributed by atoms with E-state index in [1.165, 1.54) is 0 Å². The molecule has 0 unspecified atom stereocenters. The fraction of sp³-hybridized carbons (Fsp3) is 0.444. The monoisotopic (exact) mass is 255 g/mol. The fourth-order valence-corrected chi connectivity index (χ4v) is 1.95. The van der Waals surface area contributed by atoms with Crippen molar-refractivity contribution < 1.29 is 9.47 Å². The van der Waals surface area contributed by atoms with Crippen molar-refractivity contribution in [2.45, 2.75) is 12.8 Å². The van der Waals surface area contributed by atoms with Crippen molar-refractivity contribution in [3.8, 4) is 0 Å². The second-order valence-corrected chi connectivity index (χ2v) is 3.97. The zero-order chi connectivity index (χ0) is 11.8. The molecule has 1 saturated heterocycles. The van der Waals surface area contributed by atoms with Gasteiger partial charge in [0.05, 0.1) is 26.1 Å². The van der Waals surface area contributed by atoms with Gasteiger partial charge in [0, 0.05) is 0 Å². The second-order valence-electron chi connectivity index (χ2n) is 3.61. The molecule has 2 N–H and O–H groups in total. The number of nitrogen functional groups attached to an aromatic ring is 1. The Kier molecular flexibility index (Phi) is 2.58. The predicted molar refractivity (Wildman–Crippen MR) is 60.4 cm³/mol. The van der Waals surface area contributed by atoms with Gasteiger partial charge in [-0.3, -0.25) is 0 Å². The van der Waals surface area contributed by atoms with Crippen LogP contribution in [0, 0.1) is 0 Å². The Balaban J connectivity index is 1.99. The summed E-state index contributed by atoms with van der Waals surface area (Å²) >= 11 is 5.92. The molecule has 0 amide bonds. The van der Waals surface area contributed by atoms with Crippen LogP contribution in [0.5, 0.6) is 0 Å². The number of aromatic nitrogens is 4. The minimum atomic E-state index is -0.276. The van der Waals surface area contributed by atoms with Gasteiger partial charge in [-0.1, -0.05) is 11.6 Å². The average molecular weight is 256 g/mol. The summed E-state index contributed by atoms with van der Waals surface area (Å²) in [4.78, 5) is 12.1. The third kappa shape index (κ3) is 1.92. The largest absolute Gasteiger partial charge is 0.368 e. The molecular formula is C9H10ClN5O2. The van der Waals surface area contributed by atoms with Crippen LogP contribution in [0.15, 0.2) is 6.33 Å². The Morgan fingerprint density at radius 2 is 2.18 bits per heavy atom. The molecule has 0 saturated carbocycles. The Hall–Kier alpha value is -1.44. The number of nitrogens with zero attached hydrogens (tertiary/aromatic N) is 4. The van der Waals surface area contributed by atoms with Gasteiger partial charge in [-0.05, 0) is 0 Å². The molecule has 2 aromatic heterocycles. The van der Waals surface area contributed by atoms with Crippen LogP contribution in [0.4, 0.5) is 5.95 Å². The van der Waals surface area contributed by atoms with E-state index in [4.69, 9.17) is 26.8 Å². The molecule has 0 radical (unpaired) electrons. The van der Waals surface area contributed by atoms with Crippen molar-refractivity contribution in [2.24, 2.45) is 0 Å². The zero-order valence-corrected chi connectivity index (χ0v) is 9.59. The lowest BCUT2D eigenvalue weighted by Crippen LogP contribution is -2.16. The maximum absolute atomic E-state index is 5.92. The Morgan fingerprint density at radius 3 is 2.94 bits per heavy atom. The highest BCUT2D eigenvalue weighted by Gasteiger charge is 2.19. The normalized spacial score (nSPS) is 17.0. The van der Waals surface area contributed by atoms with E-state index in [2.05, 4.69) is 15.0 Å². The standard InChI is InChI=1S/C9H10ClN5O2/c10-7-6-8(14-9(11)13-7)15(4-12-6)3-5-16-1-2-17-5/h4-5H,1-3H2,(H2,11,13,14). The van der Waals surface area contributed by atoms with Crippen LogP contribution in [-0.4, -0.2) is 39.0 Å². The molecule has 0 aromatic carbocycles. The smallest absolute Gasteiger partial charge is 0.223 e. The van der Waals surface area contributed by atoms with E-state index < -0.39 is 0 Å². The summed E-state index contributed by atoms with van der Waals surface area (Å²) in [5.74, 6) is 0.123. The van der Waals surface area contributed by atoms with Gasteiger partial charge in [-0.2, -0.15) is 9.97 Å². The summed E-state index contributed by atoms with van der Waals surface area (Å²) in [6.07, 6.45) is 1.35. The summed E-state index contributed by atoms with van der Waals surface area (Å²) < 4.78 is 12.5. The lowest BCUT2D eigenvalue weighted by Gasteiger charge is -2.09. The SMILES string of the molecule is Nc1nc(Cl)c2ncn(CC3OCCO3)c2n1. The van der Waals surface area contributed by atoms with Gasteiger partial charge in [-0.15, -0.1) is 0 Å². The highest BCUT2D eigenvalue weighted by Crippen LogP contribution is 2.20. The summed E-state index contributed by atoms with van der Waals surface area (Å²) in [5.41, 5.74) is 6.66. The lowest BCUT2D eigenvalue weighted by molar-refractivity contribution is -0.0518. The predicted octanol–water partition coefficient (Wildman–Crippen LogP) is 0.435. The molecule has 17 heavy (non-hydrogen) atoms. The van der Waals surface area contributed by atoms with Gasteiger partial charge in [-0.25, -0.2) is 4.98 Å². The molecule has 8 heteroatoms. The molecule has 1 aliphatic rings. The van der Waals surface area contributed by atoms with E-state index in [1.54, 1.807) is 10.9 Å². The maximum atomic E-state index is 5.92. The van der Waals surface area contributed by atoms with Crippen LogP contribution < -0.4 is 5.73 Å². The van der Waals surface area contributed by atoms with Crippen molar-refractivity contribution in [1.82, 2.24) is 19.5 Å². The molecule has 2 aromatic rings. The number of rotatable bonds is 2. The second kappa shape index (κ2) is 4.10. The Bertz CT molecular complexity index is 552. The van der Waals surface area contributed by atoms with Gasteiger partial charge in [0.25, 0.3) is 0 Å². The van der Waals surface area contributed by atoms with Crippen LogP contribution in [0.3, 0.4) is 0 Å². The zero-order valence-electron chi connectivity index (χ0n) is 8.84. The first-order valence-electron chi connectivity index (χ1n) is 5.11. The molecule has 0 spiro atoms. The number of anilines is 1. The molecule has 0 atom stereocenters. The number of hydrogen-bond acceptors (Lipinski definition) is 6. The van der Waals surface area contributed by atoms with E-state index in [0.29, 0.717) is 30.9 Å². The number of halogens is 1. The summed E-state index contributed by atoms with van der Waals surface area (Å²) in [5, 5.41) is 0.250. The van der Waals surface area contributed by atoms with E-state index in [-0.39, 0.29) is 17.4 Å². The molecular weight excluding hydrogens is 246 g/mol. The minimum absolute atomic E-state index is 0.123. The van der Waals surface area contributed by atoms with Gasteiger partial charge >= 0.3 is 0 Å². The van der Waals surface area contributed by atoms with Crippen LogP contribution in [0.2, 0.25) is 5.15 Å². The first kappa shape index (κ1) is 10.7.